The first kappa shape index (κ1) is 41.0. The molecular formula is C48H53N9O5. The SMILES string of the molecule is [C-]#[N+]c1ccc(OC2C(C)(C)C(NC(=O)c3ccc(N4CCC(CN5CCN(c6ccc7c(c6)C(=O)N(C6CCC(=C)NC6=O)C7=O)CC5)CC4)nc3)C2(C)C)c2cccnc12. The van der Waals surface area contributed by atoms with Crippen molar-refractivity contribution >= 4 is 51.7 Å². The summed E-state index contributed by atoms with van der Waals surface area (Å²) >= 11 is 0. The fourth-order valence-corrected chi connectivity index (χ4v) is 10.8. The second-order valence-corrected chi connectivity index (χ2v) is 18.6. The van der Waals surface area contributed by atoms with Crippen molar-refractivity contribution in [1.82, 2.24) is 30.4 Å². The minimum absolute atomic E-state index is 0.149. The molecule has 1 aliphatic carbocycles. The number of pyridine rings is 2. The number of carbonyl (C=O) groups excluding carboxylic acids is 4. The maximum Gasteiger partial charge on any atom is 0.262 e. The van der Waals surface area contributed by atoms with Crippen LogP contribution in [-0.4, -0.2) is 107 Å². The van der Waals surface area contributed by atoms with Crippen molar-refractivity contribution in [3.8, 4) is 5.75 Å². The minimum Gasteiger partial charge on any atom is -0.489 e. The van der Waals surface area contributed by atoms with E-state index in [1.165, 1.54) is 0 Å². The number of carbonyl (C=O) groups is 4. The molecule has 1 saturated carbocycles. The fraction of sp³-hybridized carbons (Fsp3) is 0.438. The number of fused-ring (bicyclic) bond motifs is 2. The molecule has 2 aromatic heterocycles. The van der Waals surface area contributed by atoms with E-state index in [9.17, 15) is 19.2 Å². The van der Waals surface area contributed by atoms with Gasteiger partial charge in [0.05, 0.1) is 28.8 Å². The van der Waals surface area contributed by atoms with E-state index in [1.54, 1.807) is 24.5 Å². The van der Waals surface area contributed by atoms with Crippen LogP contribution in [0.15, 0.2) is 79.3 Å². The molecule has 14 heteroatoms. The van der Waals surface area contributed by atoms with Crippen LogP contribution >= 0.6 is 0 Å². The van der Waals surface area contributed by atoms with Gasteiger partial charge in [-0.1, -0.05) is 40.3 Å². The van der Waals surface area contributed by atoms with Crippen molar-refractivity contribution < 1.29 is 23.9 Å². The summed E-state index contributed by atoms with van der Waals surface area (Å²) in [6, 6.07) is 15.7. The highest BCUT2D eigenvalue weighted by molar-refractivity contribution is 6.23. The third-order valence-corrected chi connectivity index (χ3v) is 13.9. The third kappa shape index (κ3) is 7.21. The lowest BCUT2D eigenvalue weighted by Gasteiger charge is -2.63. The number of amides is 4. The van der Waals surface area contributed by atoms with Gasteiger partial charge >= 0.3 is 0 Å². The predicted octanol–water partition coefficient (Wildman–Crippen LogP) is 6.22. The molecule has 4 aliphatic heterocycles. The Morgan fingerprint density at radius 1 is 0.903 bits per heavy atom. The van der Waals surface area contributed by atoms with Crippen LogP contribution in [0, 0.1) is 23.3 Å². The molecule has 14 nitrogen and oxygen atoms in total. The number of hydrogen-bond acceptors (Lipinski definition) is 10. The summed E-state index contributed by atoms with van der Waals surface area (Å²) in [6.07, 6.45) is 6.20. The van der Waals surface area contributed by atoms with Crippen molar-refractivity contribution in [2.45, 2.75) is 71.6 Å². The second kappa shape index (κ2) is 15.9. The van der Waals surface area contributed by atoms with Gasteiger partial charge in [0.25, 0.3) is 17.7 Å². The Labute approximate surface area is 362 Å². The number of piperidine rings is 2. The molecule has 6 heterocycles. The predicted molar refractivity (Wildman–Crippen MR) is 236 cm³/mol. The zero-order valence-electron chi connectivity index (χ0n) is 35.8. The summed E-state index contributed by atoms with van der Waals surface area (Å²) in [5.41, 5.74) is 3.12. The lowest BCUT2D eigenvalue weighted by Crippen LogP contribution is -2.74. The van der Waals surface area contributed by atoms with E-state index in [-0.39, 0.29) is 34.8 Å². The monoisotopic (exact) mass is 835 g/mol. The Morgan fingerprint density at radius 3 is 2.34 bits per heavy atom. The van der Waals surface area contributed by atoms with Gasteiger partial charge in [0.15, 0.2) is 0 Å². The van der Waals surface area contributed by atoms with Crippen LogP contribution in [0.25, 0.3) is 15.7 Å². The van der Waals surface area contributed by atoms with E-state index >= 15 is 0 Å². The Balaban J connectivity index is 0.740. The maximum absolute atomic E-state index is 13.6. The Morgan fingerprint density at radius 2 is 1.65 bits per heavy atom. The van der Waals surface area contributed by atoms with Crippen LogP contribution in [-0.2, 0) is 4.79 Å². The van der Waals surface area contributed by atoms with Gasteiger partial charge in [0, 0.05) is 91.8 Å². The van der Waals surface area contributed by atoms with Crippen molar-refractivity contribution in [2.24, 2.45) is 16.7 Å². The molecule has 4 aromatic rings. The molecule has 0 spiro atoms. The number of allylic oxidation sites excluding steroid dienone is 1. The van der Waals surface area contributed by atoms with Gasteiger partial charge in [0.1, 0.15) is 23.7 Å². The zero-order valence-corrected chi connectivity index (χ0v) is 35.8. The number of ether oxygens (including phenoxy) is 1. The highest BCUT2D eigenvalue weighted by Crippen LogP contribution is 2.56. The maximum atomic E-state index is 13.6. The number of imide groups is 1. The number of rotatable bonds is 9. The first-order valence-corrected chi connectivity index (χ1v) is 21.7. The number of nitrogens with zero attached hydrogens (tertiary/aromatic N) is 7. The Kier molecular flexibility index (Phi) is 10.5. The number of hydrogen-bond donors (Lipinski definition) is 2. The average Bonchev–Trinajstić information content (AvgIpc) is 3.52. The van der Waals surface area contributed by atoms with Gasteiger partial charge in [-0.2, -0.15) is 0 Å². The van der Waals surface area contributed by atoms with Crippen molar-refractivity contribution in [3.05, 3.63) is 107 Å². The molecule has 62 heavy (non-hydrogen) atoms. The molecule has 2 aromatic carbocycles. The van der Waals surface area contributed by atoms with Crippen LogP contribution < -0.4 is 25.2 Å². The van der Waals surface area contributed by atoms with E-state index in [1.807, 2.05) is 42.5 Å². The molecule has 5 aliphatic rings. The van der Waals surface area contributed by atoms with Crippen molar-refractivity contribution in [3.63, 3.8) is 0 Å². The van der Waals surface area contributed by atoms with Crippen molar-refractivity contribution in [2.75, 3.05) is 55.6 Å². The van der Waals surface area contributed by atoms with E-state index in [0.717, 1.165) is 80.4 Å². The van der Waals surface area contributed by atoms with Gasteiger partial charge in [-0.05, 0) is 80.1 Å². The lowest BCUT2D eigenvalue weighted by molar-refractivity contribution is -0.163. The van der Waals surface area contributed by atoms with Gasteiger partial charge < -0.3 is 25.2 Å². The summed E-state index contributed by atoms with van der Waals surface area (Å²) in [7, 11) is 0. The average molecular weight is 836 g/mol. The number of nitrogens with one attached hydrogen (secondary N) is 2. The topological polar surface area (TPSA) is 145 Å². The van der Waals surface area contributed by atoms with Crippen LogP contribution in [0.2, 0.25) is 0 Å². The number of anilines is 2. The molecule has 1 unspecified atom stereocenters. The van der Waals surface area contributed by atoms with Gasteiger partial charge in [0.2, 0.25) is 11.6 Å². The summed E-state index contributed by atoms with van der Waals surface area (Å²) in [6.45, 7) is 26.1. The Bertz CT molecular complexity index is 2500. The molecule has 9 rings (SSSR count). The molecule has 320 valence electrons. The molecule has 4 fully saturated rings. The van der Waals surface area contributed by atoms with Gasteiger partial charge in [-0.25, -0.2) is 9.83 Å². The number of aromatic nitrogens is 2. The third-order valence-electron chi connectivity index (χ3n) is 13.9. The van der Waals surface area contributed by atoms with Crippen LogP contribution in [0.3, 0.4) is 0 Å². The highest BCUT2D eigenvalue weighted by Gasteiger charge is 2.64. The van der Waals surface area contributed by atoms with E-state index in [0.29, 0.717) is 58.1 Å². The van der Waals surface area contributed by atoms with E-state index in [4.69, 9.17) is 16.3 Å². The number of benzene rings is 2. The Hall–Kier alpha value is -6.33. The first-order chi connectivity index (χ1) is 29.7. The smallest absolute Gasteiger partial charge is 0.262 e. The molecule has 1 atom stereocenters. The minimum atomic E-state index is -0.818. The normalized spacial score (nSPS) is 23.7. The van der Waals surface area contributed by atoms with E-state index < -0.39 is 17.9 Å². The number of piperazine rings is 1. The highest BCUT2D eigenvalue weighted by atomic mass is 16.5. The molecular weight excluding hydrogens is 783 g/mol. The van der Waals surface area contributed by atoms with E-state index in [2.05, 4.69) is 69.4 Å². The molecule has 0 bridgehead atoms. The standard InChI is InChI=1S/C48H53N9O5/c1-29-9-14-37(42(59)52-29)57-43(60)33-12-11-32(26-35(33)44(57)61)55-24-22-54(23-25-55)28-30-17-20-56(21-18-30)39-16-10-31(27-51-39)41(58)53-45-47(2,3)46(48(45,4)5)62-38-15-13-36(49-6)40-34(38)8-7-19-50-40/h7-8,10-13,15-16,19,26-27,30,37,45-46H,1,9,14,17-18,20-25,28H2,2-5H3,(H,52,59)(H,53,58). The molecule has 4 amide bonds. The largest absolute Gasteiger partial charge is 0.489 e. The van der Waals surface area contributed by atoms with Crippen LogP contribution in [0.5, 0.6) is 5.75 Å². The quantitative estimate of drug-likeness (QED) is 0.147. The molecule has 3 saturated heterocycles. The molecule has 2 N–H and O–H groups in total. The van der Waals surface area contributed by atoms with Crippen molar-refractivity contribution in [1.29, 1.82) is 0 Å². The van der Waals surface area contributed by atoms with Gasteiger partial charge in [-0.3, -0.25) is 34.0 Å². The van der Waals surface area contributed by atoms with Gasteiger partial charge in [-0.15, -0.1) is 0 Å². The van der Waals surface area contributed by atoms with Crippen LogP contribution in [0.4, 0.5) is 17.2 Å². The summed E-state index contributed by atoms with van der Waals surface area (Å²) < 4.78 is 6.66. The zero-order chi connectivity index (χ0) is 43.5. The summed E-state index contributed by atoms with van der Waals surface area (Å²) in [5.74, 6) is 0.790. The lowest BCUT2D eigenvalue weighted by atomic mass is 9.49. The van der Waals surface area contributed by atoms with Crippen LogP contribution in [0.1, 0.15) is 84.5 Å². The molecule has 0 radical (unpaired) electrons. The fourth-order valence-electron chi connectivity index (χ4n) is 10.8. The summed E-state index contributed by atoms with van der Waals surface area (Å²) in [4.78, 5) is 73.9. The first-order valence-electron chi connectivity index (χ1n) is 21.7. The summed E-state index contributed by atoms with van der Waals surface area (Å²) in [5, 5.41) is 6.78. The second-order valence-electron chi connectivity index (χ2n) is 18.6.